The Morgan fingerprint density at radius 1 is 1.31 bits per heavy atom. The van der Waals surface area contributed by atoms with Gasteiger partial charge in [-0.2, -0.15) is 0 Å². The molecule has 0 aromatic rings. The largest absolute Gasteiger partial charge is 0.312 e. The molecule has 3 nitrogen and oxygen atoms in total. The van der Waals surface area contributed by atoms with E-state index >= 15 is 0 Å². The Morgan fingerprint density at radius 2 is 2.00 bits per heavy atom. The van der Waals surface area contributed by atoms with E-state index in [4.69, 9.17) is 0 Å². The molecule has 0 saturated heterocycles. The zero-order chi connectivity index (χ0) is 12.2. The maximum Gasteiger partial charge on any atom is 0.151 e. The highest BCUT2D eigenvalue weighted by molar-refractivity contribution is 7.91. The van der Waals surface area contributed by atoms with Crippen LogP contribution in [-0.4, -0.2) is 32.5 Å². The molecule has 0 aromatic heterocycles. The van der Waals surface area contributed by atoms with E-state index in [9.17, 15) is 8.42 Å². The van der Waals surface area contributed by atoms with Gasteiger partial charge in [0.15, 0.2) is 9.84 Å². The summed E-state index contributed by atoms with van der Waals surface area (Å²) in [5, 5.41) is 3.41. The molecule has 1 unspecified atom stereocenters. The molecule has 1 atom stereocenters. The summed E-state index contributed by atoms with van der Waals surface area (Å²) in [6, 6.07) is 0.490. The lowest BCUT2D eigenvalue weighted by Crippen LogP contribution is -2.40. The lowest BCUT2D eigenvalue weighted by atomic mass is 9.87. The predicted octanol–water partition coefficient (Wildman–Crippen LogP) is 1.98. The van der Waals surface area contributed by atoms with E-state index in [1.54, 1.807) is 0 Å². The van der Waals surface area contributed by atoms with E-state index in [1.807, 2.05) is 6.92 Å². The lowest BCUT2D eigenvalue weighted by Gasteiger charge is -2.27. The van der Waals surface area contributed by atoms with Crippen molar-refractivity contribution in [1.29, 1.82) is 0 Å². The second-order valence-electron chi connectivity index (χ2n) is 5.54. The van der Waals surface area contributed by atoms with Gasteiger partial charge in [-0.3, -0.25) is 0 Å². The minimum Gasteiger partial charge on any atom is -0.312 e. The van der Waals surface area contributed by atoms with Gasteiger partial charge in [-0.1, -0.05) is 27.2 Å². The zero-order valence-corrected chi connectivity index (χ0v) is 11.6. The van der Waals surface area contributed by atoms with Gasteiger partial charge in [0, 0.05) is 18.3 Å². The molecule has 4 heteroatoms. The van der Waals surface area contributed by atoms with Gasteiger partial charge in [0.1, 0.15) is 0 Å². The summed E-state index contributed by atoms with van der Waals surface area (Å²) in [6.07, 6.45) is 4.40. The van der Waals surface area contributed by atoms with Crippen LogP contribution < -0.4 is 5.32 Å². The maximum atomic E-state index is 11.5. The molecule has 1 saturated carbocycles. The first-order valence-corrected chi connectivity index (χ1v) is 8.13. The van der Waals surface area contributed by atoms with Gasteiger partial charge in [-0.25, -0.2) is 8.42 Å². The first-order valence-electron chi connectivity index (χ1n) is 6.31. The summed E-state index contributed by atoms with van der Waals surface area (Å²) in [7, 11) is -2.82. The van der Waals surface area contributed by atoms with Crippen LogP contribution in [0.3, 0.4) is 0 Å². The summed E-state index contributed by atoms with van der Waals surface area (Å²) in [5.74, 6) is 0.607. The van der Waals surface area contributed by atoms with Gasteiger partial charge in [0.05, 0.1) is 5.75 Å². The zero-order valence-electron chi connectivity index (χ0n) is 10.8. The Kier molecular flexibility index (Phi) is 4.80. The monoisotopic (exact) mass is 247 g/mol. The molecule has 1 N–H and O–H groups in total. The molecular formula is C12H25NO2S. The quantitative estimate of drug-likeness (QED) is 0.780. The summed E-state index contributed by atoms with van der Waals surface area (Å²) >= 11 is 0. The summed E-state index contributed by atoms with van der Waals surface area (Å²) in [4.78, 5) is 0. The molecule has 96 valence electrons. The van der Waals surface area contributed by atoms with Crippen LogP contribution in [-0.2, 0) is 9.84 Å². The van der Waals surface area contributed by atoms with Crippen molar-refractivity contribution >= 4 is 9.84 Å². The van der Waals surface area contributed by atoms with E-state index in [0.717, 1.165) is 6.42 Å². The molecule has 0 aromatic carbocycles. The Balaban J connectivity index is 2.31. The molecule has 0 radical (unpaired) electrons. The van der Waals surface area contributed by atoms with Crippen LogP contribution in [0.1, 0.15) is 46.5 Å². The highest BCUT2D eigenvalue weighted by atomic mass is 32.2. The van der Waals surface area contributed by atoms with Crippen LogP contribution in [0.5, 0.6) is 0 Å². The number of rotatable bonds is 6. The Bertz CT molecular complexity index is 309. The van der Waals surface area contributed by atoms with E-state index in [1.165, 1.54) is 19.3 Å². The predicted molar refractivity (Wildman–Crippen MR) is 68.4 cm³/mol. The third kappa shape index (κ3) is 4.06. The molecule has 1 aliphatic carbocycles. The average molecular weight is 247 g/mol. The topological polar surface area (TPSA) is 46.2 Å². The molecule has 0 heterocycles. The number of nitrogens with one attached hydrogen (secondary N) is 1. The highest BCUT2D eigenvalue weighted by Gasteiger charge is 2.33. The second kappa shape index (κ2) is 5.50. The van der Waals surface area contributed by atoms with Gasteiger partial charge >= 0.3 is 0 Å². The van der Waals surface area contributed by atoms with Gasteiger partial charge in [-0.05, 0) is 24.7 Å². The smallest absolute Gasteiger partial charge is 0.151 e. The molecule has 1 aliphatic rings. The van der Waals surface area contributed by atoms with Crippen molar-refractivity contribution in [3.63, 3.8) is 0 Å². The van der Waals surface area contributed by atoms with Crippen LogP contribution in [0.25, 0.3) is 0 Å². The van der Waals surface area contributed by atoms with Crippen LogP contribution in [0.4, 0.5) is 0 Å². The SMILES string of the molecule is CCCS(=O)(=O)CCNC1CCCC1(C)C. The first-order chi connectivity index (χ1) is 7.37. The normalized spacial score (nSPS) is 24.8. The Labute approximate surface area is 99.9 Å². The fourth-order valence-electron chi connectivity index (χ4n) is 2.51. The molecule has 1 rings (SSSR count). The Hall–Kier alpha value is -0.0900. The number of hydrogen-bond acceptors (Lipinski definition) is 3. The average Bonchev–Trinajstić information content (AvgIpc) is 2.45. The van der Waals surface area contributed by atoms with Crippen molar-refractivity contribution in [1.82, 2.24) is 5.32 Å². The van der Waals surface area contributed by atoms with Crippen molar-refractivity contribution in [2.24, 2.45) is 5.41 Å². The molecule has 0 bridgehead atoms. The van der Waals surface area contributed by atoms with Gasteiger partial charge in [0.2, 0.25) is 0 Å². The van der Waals surface area contributed by atoms with Crippen LogP contribution >= 0.6 is 0 Å². The first kappa shape index (κ1) is 14.0. The maximum absolute atomic E-state index is 11.5. The molecule has 16 heavy (non-hydrogen) atoms. The van der Waals surface area contributed by atoms with E-state index in [0.29, 0.717) is 23.8 Å². The Morgan fingerprint density at radius 3 is 2.50 bits per heavy atom. The highest BCUT2D eigenvalue weighted by Crippen LogP contribution is 2.36. The number of hydrogen-bond donors (Lipinski definition) is 1. The van der Waals surface area contributed by atoms with Crippen LogP contribution in [0.15, 0.2) is 0 Å². The van der Waals surface area contributed by atoms with Gasteiger partial charge in [0.25, 0.3) is 0 Å². The van der Waals surface area contributed by atoms with Crippen molar-refractivity contribution in [2.75, 3.05) is 18.1 Å². The van der Waals surface area contributed by atoms with Crippen LogP contribution in [0.2, 0.25) is 0 Å². The lowest BCUT2D eigenvalue weighted by molar-refractivity contribution is 0.288. The molecule has 0 amide bonds. The fraction of sp³-hybridized carbons (Fsp3) is 1.00. The van der Waals surface area contributed by atoms with Crippen LogP contribution in [0, 0.1) is 5.41 Å². The fourth-order valence-corrected chi connectivity index (χ4v) is 3.76. The summed E-state index contributed by atoms with van der Waals surface area (Å²) in [5.41, 5.74) is 0.328. The number of sulfone groups is 1. The third-order valence-corrected chi connectivity index (χ3v) is 5.43. The molecule has 0 aliphatic heterocycles. The van der Waals surface area contributed by atoms with Crippen molar-refractivity contribution in [3.05, 3.63) is 0 Å². The summed E-state index contributed by atoms with van der Waals surface area (Å²) < 4.78 is 23.1. The van der Waals surface area contributed by atoms with Crippen molar-refractivity contribution < 1.29 is 8.42 Å². The second-order valence-corrected chi connectivity index (χ2v) is 7.84. The molecular weight excluding hydrogens is 222 g/mol. The van der Waals surface area contributed by atoms with E-state index in [-0.39, 0.29) is 5.75 Å². The van der Waals surface area contributed by atoms with Gasteiger partial charge < -0.3 is 5.32 Å². The van der Waals surface area contributed by atoms with E-state index in [2.05, 4.69) is 19.2 Å². The van der Waals surface area contributed by atoms with E-state index < -0.39 is 9.84 Å². The third-order valence-electron chi connectivity index (χ3n) is 3.58. The minimum atomic E-state index is -2.82. The van der Waals surface area contributed by atoms with Crippen molar-refractivity contribution in [2.45, 2.75) is 52.5 Å². The molecule has 0 spiro atoms. The van der Waals surface area contributed by atoms with Gasteiger partial charge in [-0.15, -0.1) is 0 Å². The minimum absolute atomic E-state index is 0.285. The van der Waals surface area contributed by atoms with Crippen molar-refractivity contribution in [3.8, 4) is 0 Å². The standard InChI is InChI=1S/C12H25NO2S/c1-4-9-16(14,15)10-8-13-11-6-5-7-12(11,2)3/h11,13H,4-10H2,1-3H3. The molecule has 1 fully saturated rings. The summed E-state index contributed by atoms with van der Waals surface area (Å²) in [6.45, 7) is 7.04.